The van der Waals surface area contributed by atoms with Crippen LogP contribution >= 0.6 is 15.9 Å². The number of ether oxygens (including phenoxy) is 1. The number of carboxylic acid groups (broad SMARTS) is 1. The number of aromatic nitrogens is 1. The van der Waals surface area contributed by atoms with Crippen molar-refractivity contribution in [3.8, 4) is 0 Å². The van der Waals surface area contributed by atoms with E-state index in [4.69, 9.17) is 4.74 Å². The molecular weight excluding hydrogens is 412 g/mol. The predicted molar refractivity (Wildman–Crippen MR) is 109 cm³/mol. The number of hydrogen-bond donors (Lipinski definition) is 1. The van der Waals surface area contributed by atoms with Gasteiger partial charge in [-0.25, -0.2) is 9.78 Å². The maximum Gasteiger partial charge on any atom is 0.337 e. The molecule has 0 aliphatic carbocycles. The van der Waals surface area contributed by atoms with Gasteiger partial charge in [0.05, 0.1) is 21.5 Å². The normalized spacial score (nSPS) is 18.3. The van der Waals surface area contributed by atoms with Crippen molar-refractivity contribution in [3.05, 3.63) is 21.4 Å². The maximum atomic E-state index is 12.1. The molecule has 2 rings (SSSR count). The van der Waals surface area contributed by atoms with E-state index in [0.29, 0.717) is 27.7 Å². The summed E-state index contributed by atoms with van der Waals surface area (Å²) >= 11 is 3.59. The van der Waals surface area contributed by atoms with Gasteiger partial charge in [-0.05, 0) is 61.9 Å². The van der Waals surface area contributed by atoms with Crippen molar-refractivity contribution < 1.29 is 19.4 Å². The van der Waals surface area contributed by atoms with Gasteiger partial charge in [-0.15, -0.1) is 0 Å². The standard InChI is InChI=1S/C20H29BrN2O4/c1-12-15(21)16(23-9-7-20(5,6)8-10-23)14(13(11-24)22-12)17(18(25)26)27-19(2,3)4/h11,17H,7-10H2,1-6H3,(H,25,26). The zero-order chi connectivity index (χ0) is 20.6. The van der Waals surface area contributed by atoms with Crippen LogP contribution in [0.15, 0.2) is 4.47 Å². The molecule has 0 amide bonds. The van der Waals surface area contributed by atoms with E-state index in [-0.39, 0.29) is 11.1 Å². The summed E-state index contributed by atoms with van der Waals surface area (Å²) in [6.07, 6.45) is 1.30. The number of piperidine rings is 1. The highest BCUT2D eigenvalue weighted by Crippen LogP contribution is 2.42. The van der Waals surface area contributed by atoms with Crippen LogP contribution in [0.1, 0.15) is 75.3 Å². The number of anilines is 1. The Bertz CT molecular complexity index is 730. The number of halogens is 1. The number of pyridine rings is 1. The summed E-state index contributed by atoms with van der Waals surface area (Å²) in [7, 11) is 0. The van der Waals surface area contributed by atoms with Gasteiger partial charge < -0.3 is 14.7 Å². The molecule has 6 nitrogen and oxygen atoms in total. The van der Waals surface area contributed by atoms with Crippen molar-refractivity contribution in [1.82, 2.24) is 4.98 Å². The number of aliphatic carboxylic acids is 1. The van der Waals surface area contributed by atoms with Crippen molar-refractivity contribution in [2.45, 2.75) is 66.1 Å². The molecule has 0 spiro atoms. The van der Waals surface area contributed by atoms with Gasteiger partial charge >= 0.3 is 5.97 Å². The Morgan fingerprint density at radius 1 is 1.33 bits per heavy atom. The quantitative estimate of drug-likeness (QED) is 0.677. The largest absolute Gasteiger partial charge is 0.479 e. The topological polar surface area (TPSA) is 79.7 Å². The first-order valence-electron chi connectivity index (χ1n) is 9.17. The number of carboxylic acids is 1. The van der Waals surface area contributed by atoms with Crippen LogP contribution in [0.25, 0.3) is 0 Å². The minimum atomic E-state index is -1.28. The Morgan fingerprint density at radius 3 is 2.33 bits per heavy atom. The van der Waals surface area contributed by atoms with Crippen LogP contribution in [-0.2, 0) is 9.53 Å². The lowest BCUT2D eigenvalue weighted by molar-refractivity contribution is -0.160. The molecule has 0 bridgehead atoms. The van der Waals surface area contributed by atoms with Crippen molar-refractivity contribution >= 4 is 33.9 Å². The molecule has 1 atom stereocenters. The number of aldehydes is 1. The van der Waals surface area contributed by atoms with E-state index in [0.717, 1.165) is 25.9 Å². The van der Waals surface area contributed by atoms with Gasteiger partial charge in [0.1, 0.15) is 5.69 Å². The van der Waals surface area contributed by atoms with Gasteiger partial charge in [0.15, 0.2) is 12.4 Å². The van der Waals surface area contributed by atoms with Gasteiger partial charge in [-0.3, -0.25) is 4.79 Å². The Hall–Kier alpha value is -1.47. The molecule has 0 radical (unpaired) electrons. The Labute approximate surface area is 169 Å². The number of carbonyl (C=O) groups is 2. The fraction of sp³-hybridized carbons (Fsp3) is 0.650. The summed E-state index contributed by atoms with van der Waals surface area (Å²) < 4.78 is 6.56. The molecule has 27 heavy (non-hydrogen) atoms. The highest BCUT2D eigenvalue weighted by molar-refractivity contribution is 9.10. The van der Waals surface area contributed by atoms with E-state index in [2.05, 4.69) is 39.7 Å². The fourth-order valence-electron chi connectivity index (χ4n) is 3.28. The lowest BCUT2D eigenvalue weighted by atomic mass is 9.82. The van der Waals surface area contributed by atoms with E-state index in [1.807, 2.05) is 0 Å². The van der Waals surface area contributed by atoms with Crippen molar-refractivity contribution in [1.29, 1.82) is 0 Å². The van der Waals surface area contributed by atoms with Crippen LogP contribution in [0.5, 0.6) is 0 Å². The molecule has 2 heterocycles. The lowest BCUT2D eigenvalue weighted by Gasteiger charge is -2.40. The molecule has 1 N–H and O–H groups in total. The first kappa shape index (κ1) is 21.8. The average Bonchev–Trinajstić information content (AvgIpc) is 2.54. The SMILES string of the molecule is Cc1nc(C=O)c(C(OC(C)(C)C)C(=O)O)c(N2CCC(C)(C)CC2)c1Br. The van der Waals surface area contributed by atoms with Gasteiger partial charge in [0.2, 0.25) is 0 Å². The molecule has 1 aromatic heterocycles. The number of nitrogens with zero attached hydrogens (tertiary/aromatic N) is 2. The van der Waals surface area contributed by atoms with Gasteiger partial charge in [-0.2, -0.15) is 0 Å². The number of carbonyl (C=O) groups excluding carboxylic acids is 1. The van der Waals surface area contributed by atoms with E-state index in [9.17, 15) is 14.7 Å². The highest BCUT2D eigenvalue weighted by Gasteiger charge is 2.36. The zero-order valence-electron chi connectivity index (χ0n) is 16.9. The smallest absolute Gasteiger partial charge is 0.337 e. The third-order valence-electron chi connectivity index (χ3n) is 4.85. The Morgan fingerprint density at radius 2 is 1.89 bits per heavy atom. The van der Waals surface area contributed by atoms with Crippen LogP contribution in [-0.4, -0.2) is 41.0 Å². The second kappa shape index (κ2) is 7.87. The molecule has 0 aromatic carbocycles. The Balaban J connectivity index is 2.65. The van der Waals surface area contributed by atoms with Gasteiger partial charge in [-0.1, -0.05) is 13.8 Å². The van der Waals surface area contributed by atoms with E-state index < -0.39 is 17.7 Å². The van der Waals surface area contributed by atoms with Crippen LogP contribution in [0.2, 0.25) is 0 Å². The van der Waals surface area contributed by atoms with Gasteiger partial charge in [0, 0.05) is 18.7 Å². The monoisotopic (exact) mass is 440 g/mol. The molecule has 1 aromatic rings. The fourth-order valence-corrected chi connectivity index (χ4v) is 3.83. The lowest BCUT2D eigenvalue weighted by Crippen LogP contribution is -2.39. The van der Waals surface area contributed by atoms with Crippen LogP contribution in [0, 0.1) is 12.3 Å². The highest BCUT2D eigenvalue weighted by atomic mass is 79.9. The van der Waals surface area contributed by atoms with E-state index in [1.165, 1.54) is 0 Å². The van der Waals surface area contributed by atoms with E-state index >= 15 is 0 Å². The molecule has 150 valence electrons. The van der Waals surface area contributed by atoms with Crippen molar-refractivity contribution in [2.75, 3.05) is 18.0 Å². The Kier molecular flexibility index (Phi) is 6.37. The minimum Gasteiger partial charge on any atom is -0.479 e. The summed E-state index contributed by atoms with van der Waals surface area (Å²) in [4.78, 5) is 30.3. The van der Waals surface area contributed by atoms with Crippen LogP contribution < -0.4 is 4.90 Å². The number of hydrogen-bond acceptors (Lipinski definition) is 5. The zero-order valence-corrected chi connectivity index (χ0v) is 18.5. The second-order valence-corrected chi connectivity index (χ2v) is 9.67. The number of aryl methyl sites for hydroxylation is 1. The first-order valence-corrected chi connectivity index (χ1v) is 9.96. The maximum absolute atomic E-state index is 12.1. The molecule has 1 fully saturated rings. The van der Waals surface area contributed by atoms with Crippen LogP contribution in [0.4, 0.5) is 5.69 Å². The third kappa shape index (κ3) is 5.08. The summed E-state index contributed by atoms with van der Waals surface area (Å²) in [5.74, 6) is -1.14. The summed E-state index contributed by atoms with van der Waals surface area (Å²) in [5.41, 5.74) is 1.35. The number of rotatable bonds is 5. The van der Waals surface area contributed by atoms with Crippen molar-refractivity contribution in [2.24, 2.45) is 5.41 Å². The minimum absolute atomic E-state index is 0.118. The predicted octanol–water partition coefficient (Wildman–Crippen LogP) is 4.53. The van der Waals surface area contributed by atoms with Crippen LogP contribution in [0.3, 0.4) is 0 Å². The van der Waals surface area contributed by atoms with Crippen molar-refractivity contribution in [3.63, 3.8) is 0 Å². The summed E-state index contributed by atoms with van der Waals surface area (Å²) in [6, 6.07) is 0. The van der Waals surface area contributed by atoms with E-state index in [1.54, 1.807) is 27.7 Å². The molecule has 0 saturated carbocycles. The molecule has 1 aliphatic rings. The summed E-state index contributed by atoms with van der Waals surface area (Å²) in [6.45, 7) is 13.2. The molecule has 1 aliphatic heterocycles. The average molecular weight is 441 g/mol. The molecular formula is C20H29BrN2O4. The first-order chi connectivity index (χ1) is 12.4. The van der Waals surface area contributed by atoms with Gasteiger partial charge in [0.25, 0.3) is 0 Å². The summed E-state index contributed by atoms with van der Waals surface area (Å²) in [5, 5.41) is 9.87. The third-order valence-corrected chi connectivity index (χ3v) is 5.80. The second-order valence-electron chi connectivity index (χ2n) is 8.88. The molecule has 7 heteroatoms. The molecule has 1 unspecified atom stereocenters. The molecule has 1 saturated heterocycles.